The highest BCUT2D eigenvalue weighted by Gasteiger charge is 2.30. The summed E-state index contributed by atoms with van der Waals surface area (Å²) in [5.74, 6) is -0.181. The second-order valence-electron chi connectivity index (χ2n) is 7.82. The van der Waals surface area contributed by atoms with Crippen molar-refractivity contribution >= 4 is 54.4 Å². The average Bonchev–Trinajstić information content (AvgIpc) is 3.53. The Morgan fingerprint density at radius 2 is 1.85 bits per heavy atom. The van der Waals surface area contributed by atoms with Gasteiger partial charge in [0.25, 0.3) is 10.0 Å². The molecule has 5 rings (SSSR count). The van der Waals surface area contributed by atoms with Gasteiger partial charge in [-0.15, -0.1) is 0 Å². The molecule has 0 aliphatic heterocycles. The lowest BCUT2D eigenvalue weighted by molar-refractivity contribution is -0.117. The van der Waals surface area contributed by atoms with Crippen molar-refractivity contribution in [3.8, 4) is 11.1 Å². The predicted octanol–water partition coefficient (Wildman–Crippen LogP) is 5.28. The Kier molecular flexibility index (Phi) is 5.41. The highest BCUT2D eigenvalue weighted by Crippen LogP contribution is 2.33. The van der Waals surface area contributed by atoms with Gasteiger partial charge in [0.05, 0.1) is 9.37 Å². The van der Waals surface area contributed by atoms with Gasteiger partial charge in [0.15, 0.2) is 0 Å². The number of sulfonamides is 1. The molecule has 1 saturated carbocycles. The molecule has 10 heteroatoms. The van der Waals surface area contributed by atoms with Crippen molar-refractivity contribution in [3.63, 3.8) is 0 Å². The van der Waals surface area contributed by atoms with E-state index in [9.17, 15) is 17.6 Å². The van der Waals surface area contributed by atoms with Crippen molar-refractivity contribution in [1.29, 1.82) is 0 Å². The maximum atomic E-state index is 13.8. The van der Waals surface area contributed by atoms with Crippen LogP contribution in [0.25, 0.3) is 22.2 Å². The number of aromatic amines is 1. The third-order valence-electron chi connectivity index (χ3n) is 5.38. The van der Waals surface area contributed by atoms with Crippen molar-refractivity contribution < 1.29 is 17.6 Å². The predicted molar refractivity (Wildman–Crippen MR) is 128 cm³/mol. The van der Waals surface area contributed by atoms with Crippen LogP contribution < -0.4 is 10.0 Å². The molecule has 2 aromatic carbocycles. The van der Waals surface area contributed by atoms with E-state index in [1.54, 1.807) is 36.5 Å². The van der Waals surface area contributed by atoms with Gasteiger partial charge < -0.3 is 10.3 Å². The highest BCUT2D eigenvalue weighted by atomic mass is 79.9. The Labute approximate surface area is 197 Å². The Bertz CT molecular complexity index is 1480. The lowest BCUT2D eigenvalue weighted by Gasteiger charge is -2.11. The third kappa shape index (κ3) is 4.49. The van der Waals surface area contributed by atoms with Crippen LogP contribution in [0.5, 0.6) is 0 Å². The van der Waals surface area contributed by atoms with Crippen LogP contribution >= 0.6 is 15.9 Å². The number of rotatable bonds is 6. The molecule has 0 atom stereocenters. The van der Waals surface area contributed by atoms with Gasteiger partial charge in [-0.3, -0.25) is 9.52 Å². The quantitative estimate of drug-likeness (QED) is 0.316. The summed E-state index contributed by atoms with van der Waals surface area (Å²) < 4.78 is 41.7. The Hall–Kier alpha value is -3.24. The summed E-state index contributed by atoms with van der Waals surface area (Å²) in [6.45, 7) is 0. The summed E-state index contributed by atoms with van der Waals surface area (Å²) in [4.78, 5) is 19.5. The first-order chi connectivity index (χ1) is 15.8. The van der Waals surface area contributed by atoms with E-state index in [1.165, 1.54) is 12.1 Å². The second-order valence-corrected chi connectivity index (χ2v) is 10.4. The maximum Gasteiger partial charge on any atom is 0.261 e. The van der Waals surface area contributed by atoms with Crippen LogP contribution in [0.2, 0.25) is 0 Å². The van der Waals surface area contributed by atoms with E-state index < -0.39 is 15.8 Å². The van der Waals surface area contributed by atoms with E-state index in [0.717, 1.165) is 35.4 Å². The van der Waals surface area contributed by atoms with Crippen molar-refractivity contribution in [2.24, 2.45) is 5.92 Å². The summed E-state index contributed by atoms with van der Waals surface area (Å²) in [5.41, 5.74) is 2.64. The normalized spacial score (nSPS) is 13.8. The standard InChI is InChI=1S/C23H18BrFN4O3S/c24-19-8-7-16(11-20(19)25)33(31,32)29-15-5-3-13(4-6-15)18-12-21(28-23(30)14-1-2-14)27-22-17(18)9-10-26-22/h3-12,14,29H,1-2H2,(H2,26,27,28,30). The van der Waals surface area contributed by atoms with Crippen LogP contribution in [0.1, 0.15) is 12.8 Å². The number of H-pyrrole nitrogens is 1. The van der Waals surface area contributed by atoms with Gasteiger partial charge in [-0.05, 0) is 82.4 Å². The third-order valence-corrected chi connectivity index (χ3v) is 7.40. The number of pyridine rings is 1. The fraction of sp³-hybridized carbons (Fsp3) is 0.130. The van der Waals surface area contributed by atoms with Crippen LogP contribution in [0.15, 0.2) is 70.2 Å². The van der Waals surface area contributed by atoms with Crippen molar-refractivity contribution in [2.75, 3.05) is 10.0 Å². The van der Waals surface area contributed by atoms with Crippen LogP contribution in [-0.4, -0.2) is 24.3 Å². The maximum absolute atomic E-state index is 13.8. The number of nitrogens with zero attached hydrogens (tertiary/aromatic N) is 1. The van der Waals surface area contributed by atoms with Gasteiger partial charge in [-0.25, -0.2) is 17.8 Å². The van der Waals surface area contributed by atoms with E-state index in [2.05, 4.69) is 35.9 Å². The zero-order valence-corrected chi connectivity index (χ0v) is 19.5. The van der Waals surface area contributed by atoms with Gasteiger partial charge >= 0.3 is 0 Å². The van der Waals surface area contributed by atoms with Gasteiger partial charge in [0.1, 0.15) is 17.3 Å². The van der Waals surface area contributed by atoms with E-state index in [0.29, 0.717) is 17.2 Å². The van der Waals surface area contributed by atoms with Crippen LogP contribution in [-0.2, 0) is 14.8 Å². The molecule has 168 valence electrons. The van der Waals surface area contributed by atoms with Gasteiger partial charge in [0, 0.05) is 23.2 Å². The number of carbonyl (C=O) groups is 1. The number of amides is 1. The number of hydrogen-bond donors (Lipinski definition) is 3. The molecule has 0 saturated heterocycles. The first-order valence-corrected chi connectivity index (χ1v) is 12.4. The number of hydrogen-bond acceptors (Lipinski definition) is 4. The van der Waals surface area contributed by atoms with E-state index in [4.69, 9.17) is 0 Å². The summed E-state index contributed by atoms with van der Waals surface area (Å²) >= 11 is 3.02. The summed E-state index contributed by atoms with van der Waals surface area (Å²) in [5, 5.41) is 3.74. The molecule has 1 amide bonds. The lowest BCUT2D eigenvalue weighted by Crippen LogP contribution is -2.14. The first-order valence-electron chi connectivity index (χ1n) is 10.2. The smallest absolute Gasteiger partial charge is 0.261 e. The van der Waals surface area contributed by atoms with Gasteiger partial charge in [0.2, 0.25) is 5.91 Å². The SMILES string of the molecule is O=C(Nc1cc(-c2ccc(NS(=O)(=O)c3ccc(Br)c(F)c3)cc2)c2cc[nH]c2n1)C1CC1. The van der Waals surface area contributed by atoms with Gasteiger partial charge in [-0.2, -0.15) is 0 Å². The monoisotopic (exact) mass is 528 g/mol. The molecule has 1 fully saturated rings. The topological polar surface area (TPSA) is 104 Å². The molecular weight excluding hydrogens is 511 g/mol. The lowest BCUT2D eigenvalue weighted by atomic mass is 10.0. The summed E-state index contributed by atoms with van der Waals surface area (Å²) in [6.07, 6.45) is 3.56. The molecule has 33 heavy (non-hydrogen) atoms. The molecule has 3 N–H and O–H groups in total. The number of aromatic nitrogens is 2. The minimum absolute atomic E-state index is 0.0338. The van der Waals surface area contributed by atoms with Crippen molar-refractivity contribution in [1.82, 2.24) is 9.97 Å². The number of carbonyl (C=O) groups excluding carboxylic acids is 1. The van der Waals surface area contributed by atoms with Crippen LogP contribution in [0.3, 0.4) is 0 Å². The molecule has 2 aromatic heterocycles. The fourth-order valence-electron chi connectivity index (χ4n) is 3.49. The number of halogens is 2. The molecule has 1 aliphatic carbocycles. The second kappa shape index (κ2) is 8.27. The molecule has 0 unspecified atom stereocenters. The van der Waals surface area contributed by atoms with E-state index in [-0.39, 0.29) is 21.2 Å². The van der Waals surface area contributed by atoms with Crippen molar-refractivity contribution in [2.45, 2.75) is 17.7 Å². The Morgan fingerprint density at radius 1 is 1.09 bits per heavy atom. The molecular formula is C23H18BrFN4O3S. The van der Waals surface area contributed by atoms with Crippen LogP contribution in [0, 0.1) is 11.7 Å². The molecule has 0 spiro atoms. The summed E-state index contributed by atoms with van der Waals surface area (Å²) in [7, 11) is -3.95. The number of benzene rings is 2. The number of fused-ring (bicyclic) bond motifs is 1. The minimum Gasteiger partial charge on any atom is -0.346 e. The van der Waals surface area contributed by atoms with Crippen LogP contribution in [0.4, 0.5) is 15.9 Å². The molecule has 0 bridgehead atoms. The molecule has 2 heterocycles. The largest absolute Gasteiger partial charge is 0.346 e. The van der Waals surface area contributed by atoms with Gasteiger partial charge in [-0.1, -0.05) is 12.1 Å². The Morgan fingerprint density at radius 3 is 2.55 bits per heavy atom. The zero-order valence-electron chi connectivity index (χ0n) is 17.1. The molecule has 4 aromatic rings. The fourth-order valence-corrected chi connectivity index (χ4v) is 4.81. The summed E-state index contributed by atoms with van der Waals surface area (Å²) in [6, 6.07) is 14.1. The molecule has 7 nitrogen and oxygen atoms in total. The first kappa shape index (κ1) is 21.6. The minimum atomic E-state index is -3.95. The molecule has 0 radical (unpaired) electrons. The highest BCUT2D eigenvalue weighted by molar-refractivity contribution is 9.10. The van der Waals surface area contributed by atoms with E-state index in [1.807, 2.05) is 6.07 Å². The van der Waals surface area contributed by atoms with E-state index >= 15 is 0 Å². The number of nitrogens with one attached hydrogen (secondary N) is 3. The molecule has 1 aliphatic rings. The Balaban J connectivity index is 1.42. The zero-order chi connectivity index (χ0) is 23.2. The average molecular weight is 529 g/mol. The van der Waals surface area contributed by atoms with Crippen molar-refractivity contribution in [3.05, 3.63) is 71.1 Å². The number of anilines is 2.